The van der Waals surface area contributed by atoms with Gasteiger partial charge in [0.1, 0.15) is 0 Å². The first-order valence-corrected chi connectivity index (χ1v) is 8.22. The van der Waals surface area contributed by atoms with Crippen molar-refractivity contribution in [3.63, 3.8) is 0 Å². The predicted molar refractivity (Wildman–Crippen MR) is 103 cm³/mol. The Hall–Kier alpha value is -3.12. The number of hydrogen-bond acceptors (Lipinski definition) is 0. The fraction of sp³-hybridized carbons (Fsp3) is 0. The van der Waals surface area contributed by atoms with Crippen molar-refractivity contribution in [2.75, 3.05) is 0 Å². The number of benzene rings is 4. The van der Waals surface area contributed by atoms with E-state index in [9.17, 15) is 0 Å². The molecule has 4 rings (SSSR count). The Balaban J connectivity index is 1.84. The average molecular weight is 306 g/mol. The molecule has 0 bridgehead atoms. The lowest BCUT2D eigenvalue weighted by Gasteiger charge is -2.11. The van der Waals surface area contributed by atoms with Gasteiger partial charge in [0, 0.05) is 0 Å². The van der Waals surface area contributed by atoms with Gasteiger partial charge in [0.05, 0.1) is 0 Å². The van der Waals surface area contributed by atoms with Crippen LogP contribution in [-0.4, -0.2) is 0 Å². The van der Waals surface area contributed by atoms with E-state index in [2.05, 4.69) is 109 Å². The van der Waals surface area contributed by atoms with Crippen LogP contribution in [0.5, 0.6) is 0 Å². The molecule has 0 fully saturated rings. The molecule has 0 N–H and O–H groups in total. The third-order valence-corrected chi connectivity index (χ3v) is 4.29. The number of hydrogen-bond donors (Lipinski definition) is 0. The zero-order valence-electron chi connectivity index (χ0n) is 13.4. The Bertz CT molecular complexity index is 938. The van der Waals surface area contributed by atoms with Gasteiger partial charge in [0.2, 0.25) is 0 Å². The van der Waals surface area contributed by atoms with Gasteiger partial charge >= 0.3 is 0 Å². The maximum atomic E-state index is 2.27. The summed E-state index contributed by atoms with van der Waals surface area (Å²) >= 11 is 0. The Morgan fingerprint density at radius 3 is 1.42 bits per heavy atom. The van der Waals surface area contributed by atoms with Crippen LogP contribution in [-0.2, 0) is 0 Å². The second-order valence-electron chi connectivity index (χ2n) is 5.86. The Morgan fingerprint density at radius 2 is 0.750 bits per heavy atom. The molecule has 0 heterocycles. The molecule has 0 aliphatic heterocycles. The molecule has 0 atom stereocenters. The second kappa shape index (κ2) is 6.55. The largest absolute Gasteiger partial charge is 0.0622 e. The van der Waals surface area contributed by atoms with E-state index in [0.717, 1.165) is 0 Å². The lowest BCUT2D eigenvalue weighted by molar-refractivity contribution is 1.57. The molecule has 114 valence electrons. The lowest BCUT2D eigenvalue weighted by atomic mass is 9.93. The van der Waals surface area contributed by atoms with Gasteiger partial charge in [-0.3, -0.25) is 0 Å². The maximum absolute atomic E-state index is 2.27. The third kappa shape index (κ3) is 2.87. The second-order valence-corrected chi connectivity index (χ2v) is 5.86. The highest BCUT2D eigenvalue weighted by Crippen LogP contribution is 2.33. The Kier molecular flexibility index (Phi) is 3.95. The molecule has 0 aliphatic rings. The van der Waals surface area contributed by atoms with Crippen molar-refractivity contribution in [1.29, 1.82) is 0 Å². The topological polar surface area (TPSA) is 0 Å². The molecule has 0 heteroatoms. The third-order valence-electron chi connectivity index (χ3n) is 4.29. The van der Waals surface area contributed by atoms with Crippen LogP contribution in [0.15, 0.2) is 109 Å². The van der Waals surface area contributed by atoms with Crippen LogP contribution in [0.25, 0.3) is 33.4 Å². The summed E-state index contributed by atoms with van der Waals surface area (Å²) in [6.45, 7) is 0. The van der Waals surface area contributed by atoms with Crippen LogP contribution >= 0.6 is 0 Å². The molecule has 0 saturated heterocycles. The summed E-state index contributed by atoms with van der Waals surface area (Å²) in [6.07, 6.45) is 0. The van der Waals surface area contributed by atoms with Crippen molar-refractivity contribution in [3.05, 3.63) is 109 Å². The molecule has 0 aliphatic carbocycles. The summed E-state index contributed by atoms with van der Waals surface area (Å²) in [6, 6.07) is 38.5. The van der Waals surface area contributed by atoms with Gasteiger partial charge in [-0.1, -0.05) is 103 Å². The van der Waals surface area contributed by atoms with Crippen LogP contribution in [0, 0.1) is 0 Å². The van der Waals surface area contributed by atoms with Crippen molar-refractivity contribution in [2.24, 2.45) is 0 Å². The smallest absolute Gasteiger partial charge is 0.0105 e. The average Bonchev–Trinajstić information content (AvgIpc) is 2.69. The summed E-state index contributed by atoms with van der Waals surface area (Å²) < 4.78 is 0. The van der Waals surface area contributed by atoms with E-state index in [0.29, 0.717) is 0 Å². The Labute approximate surface area is 143 Å². The van der Waals surface area contributed by atoms with Gasteiger partial charge < -0.3 is 0 Å². The highest BCUT2D eigenvalue weighted by Gasteiger charge is 2.07. The molecule has 0 aromatic heterocycles. The molecule has 24 heavy (non-hydrogen) atoms. The maximum Gasteiger partial charge on any atom is -0.0105 e. The van der Waals surface area contributed by atoms with E-state index in [1.54, 1.807) is 0 Å². The van der Waals surface area contributed by atoms with E-state index in [1.165, 1.54) is 33.4 Å². The zero-order valence-corrected chi connectivity index (χ0v) is 13.4. The van der Waals surface area contributed by atoms with Crippen molar-refractivity contribution >= 4 is 0 Å². The summed E-state index contributed by atoms with van der Waals surface area (Å²) in [5.41, 5.74) is 7.52. The van der Waals surface area contributed by atoms with E-state index in [1.807, 2.05) is 0 Å². The molecular formula is C24H18. The van der Waals surface area contributed by atoms with Crippen LogP contribution < -0.4 is 0 Å². The molecular weight excluding hydrogens is 288 g/mol. The van der Waals surface area contributed by atoms with Crippen LogP contribution in [0.4, 0.5) is 0 Å². The minimum absolute atomic E-state index is 1.25. The van der Waals surface area contributed by atoms with Crippen molar-refractivity contribution < 1.29 is 0 Å². The SMILES string of the molecule is c1ccc(-c2cccc(-c3ccccc3-c3ccccc3)c2)cc1. The summed E-state index contributed by atoms with van der Waals surface area (Å²) in [7, 11) is 0. The van der Waals surface area contributed by atoms with Crippen molar-refractivity contribution in [3.8, 4) is 33.4 Å². The zero-order chi connectivity index (χ0) is 16.2. The lowest BCUT2D eigenvalue weighted by Crippen LogP contribution is -1.86. The van der Waals surface area contributed by atoms with Crippen LogP contribution in [0.1, 0.15) is 0 Å². The Morgan fingerprint density at radius 1 is 0.292 bits per heavy atom. The monoisotopic (exact) mass is 306 g/mol. The van der Waals surface area contributed by atoms with E-state index in [-0.39, 0.29) is 0 Å². The van der Waals surface area contributed by atoms with E-state index in [4.69, 9.17) is 0 Å². The highest BCUT2D eigenvalue weighted by atomic mass is 14.1. The van der Waals surface area contributed by atoms with Crippen LogP contribution in [0.2, 0.25) is 0 Å². The fourth-order valence-electron chi connectivity index (χ4n) is 3.10. The summed E-state index contributed by atoms with van der Waals surface area (Å²) in [5, 5.41) is 0. The normalized spacial score (nSPS) is 10.5. The molecule has 0 unspecified atom stereocenters. The predicted octanol–water partition coefficient (Wildman–Crippen LogP) is 6.69. The number of rotatable bonds is 3. The van der Waals surface area contributed by atoms with Gasteiger partial charge in [0.15, 0.2) is 0 Å². The molecule has 0 saturated carbocycles. The first-order valence-electron chi connectivity index (χ1n) is 8.22. The van der Waals surface area contributed by atoms with Gasteiger partial charge in [-0.25, -0.2) is 0 Å². The summed E-state index contributed by atoms with van der Waals surface area (Å²) in [4.78, 5) is 0. The first-order chi connectivity index (χ1) is 11.9. The molecule has 0 spiro atoms. The van der Waals surface area contributed by atoms with Gasteiger partial charge in [-0.05, 0) is 39.4 Å². The first kappa shape index (κ1) is 14.5. The van der Waals surface area contributed by atoms with Gasteiger partial charge in [-0.2, -0.15) is 0 Å². The van der Waals surface area contributed by atoms with Crippen molar-refractivity contribution in [1.82, 2.24) is 0 Å². The molecule has 4 aromatic rings. The molecule has 4 aromatic carbocycles. The van der Waals surface area contributed by atoms with Gasteiger partial charge in [-0.15, -0.1) is 0 Å². The molecule has 0 radical (unpaired) electrons. The van der Waals surface area contributed by atoms with Crippen molar-refractivity contribution in [2.45, 2.75) is 0 Å². The standard InChI is InChI=1S/C24H18/c1-3-10-19(11-4-1)21-14-9-15-22(18-21)24-17-8-7-16-23(24)20-12-5-2-6-13-20/h1-18H. The van der Waals surface area contributed by atoms with Crippen LogP contribution in [0.3, 0.4) is 0 Å². The quantitative estimate of drug-likeness (QED) is 0.395. The van der Waals surface area contributed by atoms with E-state index >= 15 is 0 Å². The van der Waals surface area contributed by atoms with E-state index < -0.39 is 0 Å². The summed E-state index contributed by atoms with van der Waals surface area (Å²) in [5.74, 6) is 0. The molecule has 0 nitrogen and oxygen atoms in total. The minimum Gasteiger partial charge on any atom is -0.0622 e. The molecule has 0 amide bonds. The minimum atomic E-state index is 1.25. The van der Waals surface area contributed by atoms with Gasteiger partial charge in [0.25, 0.3) is 0 Å². The fourth-order valence-corrected chi connectivity index (χ4v) is 3.10. The highest BCUT2D eigenvalue weighted by molar-refractivity contribution is 5.85.